The monoisotopic (exact) mass is 447 g/mol. The summed E-state index contributed by atoms with van der Waals surface area (Å²) in [5.74, 6) is -1.11. The zero-order valence-corrected chi connectivity index (χ0v) is 19.1. The fraction of sp³-hybridized carbons (Fsp3) is 0.526. The van der Waals surface area contributed by atoms with Gasteiger partial charge in [-0.25, -0.2) is 9.86 Å². The quantitative estimate of drug-likeness (QED) is 0.674. The summed E-state index contributed by atoms with van der Waals surface area (Å²) in [5, 5.41) is 3.92. The highest BCUT2D eigenvalue weighted by Gasteiger charge is 2.35. The van der Waals surface area contributed by atoms with Gasteiger partial charge in [0, 0.05) is 19.7 Å². The standard InChI is InChI=1S/C19H27Cl2N3O5/c1-11(17(26)24(6)28-7)22-16(25)15(12-9-8-10-13(20)14(12)21)23(5)18(27)29-19(2,3)4/h8-11,15H,1-7H3,(H,22,25)/t11-,15?/m0/s1. The van der Waals surface area contributed by atoms with Crippen molar-refractivity contribution >= 4 is 41.1 Å². The van der Waals surface area contributed by atoms with Crippen LogP contribution in [0.5, 0.6) is 0 Å². The van der Waals surface area contributed by atoms with Crippen LogP contribution in [0.25, 0.3) is 0 Å². The molecule has 1 rings (SSSR count). The minimum absolute atomic E-state index is 0.123. The third kappa shape index (κ3) is 6.76. The van der Waals surface area contributed by atoms with Gasteiger partial charge in [-0.2, -0.15) is 0 Å². The Bertz CT molecular complexity index is 767. The Balaban J connectivity index is 3.26. The van der Waals surface area contributed by atoms with Gasteiger partial charge < -0.3 is 10.1 Å². The van der Waals surface area contributed by atoms with Crippen LogP contribution in [0.2, 0.25) is 10.0 Å². The van der Waals surface area contributed by atoms with Crippen molar-refractivity contribution in [1.82, 2.24) is 15.3 Å². The van der Waals surface area contributed by atoms with Gasteiger partial charge in [0.25, 0.3) is 5.91 Å². The molecule has 10 heteroatoms. The van der Waals surface area contributed by atoms with Gasteiger partial charge in [0.05, 0.1) is 17.2 Å². The average Bonchev–Trinajstić information content (AvgIpc) is 2.62. The second-order valence-electron chi connectivity index (χ2n) is 7.39. The minimum Gasteiger partial charge on any atom is -0.444 e. The lowest BCUT2D eigenvalue weighted by molar-refractivity contribution is -0.171. The highest BCUT2D eigenvalue weighted by molar-refractivity contribution is 6.42. The molecule has 0 aliphatic rings. The van der Waals surface area contributed by atoms with Gasteiger partial charge in [0.2, 0.25) is 5.91 Å². The number of hydrogen-bond acceptors (Lipinski definition) is 5. The molecular weight excluding hydrogens is 421 g/mol. The lowest BCUT2D eigenvalue weighted by atomic mass is 10.0. The predicted molar refractivity (Wildman–Crippen MR) is 111 cm³/mol. The van der Waals surface area contributed by atoms with E-state index in [9.17, 15) is 14.4 Å². The van der Waals surface area contributed by atoms with Crippen molar-refractivity contribution in [2.45, 2.75) is 45.4 Å². The molecule has 0 heterocycles. The van der Waals surface area contributed by atoms with E-state index in [4.69, 9.17) is 32.8 Å². The molecule has 0 saturated heterocycles. The molecule has 1 aromatic rings. The summed E-state index contributed by atoms with van der Waals surface area (Å²) < 4.78 is 5.37. The Morgan fingerprint density at radius 2 is 1.72 bits per heavy atom. The van der Waals surface area contributed by atoms with E-state index in [2.05, 4.69) is 5.32 Å². The van der Waals surface area contributed by atoms with Crippen LogP contribution in [-0.4, -0.2) is 60.7 Å². The van der Waals surface area contributed by atoms with Crippen LogP contribution in [0.15, 0.2) is 18.2 Å². The first-order valence-corrected chi connectivity index (χ1v) is 9.57. The van der Waals surface area contributed by atoms with Gasteiger partial charge in [0.15, 0.2) is 0 Å². The van der Waals surface area contributed by atoms with Gasteiger partial charge in [-0.1, -0.05) is 35.3 Å². The molecule has 0 radical (unpaired) electrons. The molecule has 0 bridgehead atoms. The first-order valence-electron chi connectivity index (χ1n) is 8.82. The molecular formula is C19H27Cl2N3O5. The average molecular weight is 448 g/mol. The molecule has 0 saturated carbocycles. The maximum Gasteiger partial charge on any atom is 0.410 e. The molecule has 1 aromatic carbocycles. The number of carbonyl (C=O) groups is 3. The van der Waals surface area contributed by atoms with E-state index in [0.29, 0.717) is 5.56 Å². The number of hydroxylamine groups is 2. The Morgan fingerprint density at radius 3 is 2.24 bits per heavy atom. The van der Waals surface area contributed by atoms with E-state index < -0.39 is 35.6 Å². The summed E-state index contributed by atoms with van der Waals surface area (Å²) in [4.78, 5) is 43.8. The van der Waals surface area contributed by atoms with Crippen LogP contribution in [0.4, 0.5) is 4.79 Å². The zero-order chi connectivity index (χ0) is 22.5. The van der Waals surface area contributed by atoms with Crippen LogP contribution in [0, 0.1) is 0 Å². The number of halogens is 2. The van der Waals surface area contributed by atoms with Crippen LogP contribution < -0.4 is 5.32 Å². The number of nitrogens with zero attached hydrogens (tertiary/aromatic N) is 2. The van der Waals surface area contributed by atoms with E-state index in [0.717, 1.165) is 9.96 Å². The van der Waals surface area contributed by atoms with E-state index in [-0.39, 0.29) is 10.0 Å². The molecule has 0 fully saturated rings. The molecule has 2 atom stereocenters. The molecule has 0 aliphatic heterocycles. The fourth-order valence-corrected chi connectivity index (χ4v) is 2.82. The van der Waals surface area contributed by atoms with E-state index >= 15 is 0 Å². The lowest BCUT2D eigenvalue weighted by Crippen LogP contribution is -2.50. The largest absolute Gasteiger partial charge is 0.444 e. The van der Waals surface area contributed by atoms with Crippen molar-refractivity contribution in [2.24, 2.45) is 0 Å². The first-order chi connectivity index (χ1) is 13.3. The van der Waals surface area contributed by atoms with E-state index in [1.54, 1.807) is 39.0 Å². The maximum absolute atomic E-state index is 13.1. The van der Waals surface area contributed by atoms with Crippen LogP contribution in [0.3, 0.4) is 0 Å². The summed E-state index contributed by atoms with van der Waals surface area (Å²) in [6.07, 6.45) is -0.735. The molecule has 0 aliphatic carbocycles. The molecule has 3 amide bonds. The van der Waals surface area contributed by atoms with Crippen LogP contribution in [0.1, 0.15) is 39.3 Å². The third-order valence-corrected chi connectivity index (χ3v) is 4.74. The summed E-state index contributed by atoms with van der Waals surface area (Å²) in [7, 11) is 4.16. The van der Waals surface area contributed by atoms with Gasteiger partial charge in [-0.05, 0) is 33.8 Å². The Labute approximate surface area is 181 Å². The van der Waals surface area contributed by atoms with Crippen molar-refractivity contribution in [3.8, 4) is 0 Å². The van der Waals surface area contributed by atoms with Crippen molar-refractivity contribution in [3.05, 3.63) is 33.8 Å². The molecule has 1 unspecified atom stereocenters. The number of rotatable bonds is 6. The number of benzene rings is 1. The zero-order valence-electron chi connectivity index (χ0n) is 17.6. The third-order valence-electron chi connectivity index (χ3n) is 3.91. The predicted octanol–water partition coefficient (Wildman–Crippen LogP) is 3.43. The topological polar surface area (TPSA) is 88.2 Å². The summed E-state index contributed by atoms with van der Waals surface area (Å²) in [6, 6.07) is 2.65. The molecule has 162 valence electrons. The summed E-state index contributed by atoms with van der Waals surface area (Å²) >= 11 is 12.4. The van der Waals surface area contributed by atoms with Crippen LogP contribution >= 0.6 is 23.2 Å². The second-order valence-corrected chi connectivity index (χ2v) is 8.17. The lowest BCUT2D eigenvalue weighted by Gasteiger charge is -2.31. The molecule has 29 heavy (non-hydrogen) atoms. The summed E-state index contributed by atoms with van der Waals surface area (Å²) in [5.41, 5.74) is -0.473. The van der Waals surface area contributed by atoms with Crippen LogP contribution in [-0.2, 0) is 19.2 Å². The van der Waals surface area contributed by atoms with Gasteiger partial charge in [-0.15, -0.1) is 0 Å². The van der Waals surface area contributed by atoms with Crippen molar-refractivity contribution in [3.63, 3.8) is 0 Å². The van der Waals surface area contributed by atoms with Gasteiger partial charge in [-0.3, -0.25) is 19.3 Å². The molecule has 0 aromatic heterocycles. The number of ether oxygens (including phenoxy) is 1. The Hall–Kier alpha value is -2.03. The number of likely N-dealkylation sites (N-methyl/N-ethyl adjacent to an activating group) is 2. The Kier molecular flexibility index (Phi) is 8.74. The number of amides is 3. The first kappa shape index (κ1) is 25.0. The van der Waals surface area contributed by atoms with Gasteiger partial charge >= 0.3 is 6.09 Å². The fourth-order valence-electron chi connectivity index (χ4n) is 2.41. The van der Waals surface area contributed by atoms with E-state index in [1.165, 1.54) is 28.1 Å². The second kappa shape index (κ2) is 10.1. The highest BCUT2D eigenvalue weighted by Crippen LogP contribution is 2.33. The maximum atomic E-state index is 13.1. The summed E-state index contributed by atoms with van der Waals surface area (Å²) in [6.45, 7) is 6.63. The van der Waals surface area contributed by atoms with Crippen molar-refractivity contribution in [2.75, 3.05) is 21.2 Å². The number of hydrogen-bond donors (Lipinski definition) is 1. The normalized spacial score (nSPS) is 13.3. The highest BCUT2D eigenvalue weighted by atomic mass is 35.5. The SMILES string of the molecule is CON(C)C(=O)[C@H](C)NC(=O)C(c1cccc(Cl)c1Cl)N(C)C(=O)OC(C)(C)C. The van der Waals surface area contributed by atoms with Gasteiger partial charge in [0.1, 0.15) is 17.7 Å². The molecule has 0 spiro atoms. The van der Waals surface area contributed by atoms with Crippen molar-refractivity contribution in [1.29, 1.82) is 0 Å². The smallest absolute Gasteiger partial charge is 0.410 e. The van der Waals surface area contributed by atoms with Crippen molar-refractivity contribution < 1.29 is 24.0 Å². The number of carbonyl (C=O) groups excluding carboxylic acids is 3. The molecule has 1 N–H and O–H groups in total. The number of nitrogens with one attached hydrogen (secondary N) is 1. The van der Waals surface area contributed by atoms with E-state index in [1.807, 2.05) is 0 Å². The minimum atomic E-state index is -1.18. The Morgan fingerprint density at radius 1 is 1.14 bits per heavy atom. The molecule has 8 nitrogen and oxygen atoms in total.